The van der Waals surface area contributed by atoms with Crippen molar-refractivity contribution in [3.05, 3.63) is 101 Å². The van der Waals surface area contributed by atoms with Crippen LogP contribution < -0.4 is 33.9 Å². The van der Waals surface area contributed by atoms with Gasteiger partial charge < -0.3 is 34.0 Å². The van der Waals surface area contributed by atoms with Crippen molar-refractivity contribution in [3.63, 3.8) is 0 Å². The van der Waals surface area contributed by atoms with E-state index < -0.39 is 30.1 Å². The number of pyridine rings is 1. The number of nitrogens with one attached hydrogen (secondary N) is 1. The summed E-state index contributed by atoms with van der Waals surface area (Å²) in [6.07, 6.45) is -6.44. The van der Waals surface area contributed by atoms with E-state index in [0.717, 1.165) is 5.56 Å². The molecule has 0 saturated carbocycles. The molecule has 1 amide bonds. The third-order valence-electron chi connectivity index (χ3n) is 5.22. The van der Waals surface area contributed by atoms with Crippen LogP contribution in [0.5, 0.6) is 0 Å². The Hall–Kier alpha value is -2.67. The van der Waals surface area contributed by atoms with Crippen molar-refractivity contribution < 1.29 is 64.4 Å². The summed E-state index contributed by atoms with van der Waals surface area (Å²) in [5, 5.41) is 2.80. The number of halogens is 7. The van der Waals surface area contributed by atoms with E-state index in [1.165, 1.54) is 0 Å². The SMILES string of the molecule is C[n+]1cccc(C(=O)NCC(COCc2cc(C(F)(F)F)cc(C(F)(F)F)c2)c2ccccc2)c1.[I-]. The molecule has 0 spiro atoms. The molecule has 2 aromatic carbocycles. The van der Waals surface area contributed by atoms with Gasteiger partial charge in [-0.1, -0.05) is 30.3 Å². The summed E-state index contributed by atoms with van der Waals surface area (Å²) in [5.74, 6) is -0.708. The van der Waals surface area contributed by atoms with Gasteiger partial charge in [0.05, 0.1) is 24.3 Å². The smallest absolute Gasteiger partial charge is 0.416 e. The highest BCUT2D eigenvalue weighted by Gasteiger charge is 2.36. The van der Waals surface area contributed by atoms with Crippen LogP contribution in [0.2, 0.25) is 0 Å². The van der Waals surface area contributed by atoms with Crippen molar-refractivity contribution in [3.8, 4) is 0 Å². The molecular weight excluding hydrogens is 601 g/mol. The number of carbonyl (C=O) groups is 1. The second-order valence-electron chi connectivity index (χ2n) is 8.00. The predicted molar refractivity (Wildman–Crippen MR) is 115 cm³/mol. The lowest BCUT2D eigenvalue weighted by Gasteiger charge is -2.19. The van der Waals surface area contributed by atoms with Crippen molar-refractivity contribution in [2.24, 2.45) is 7.05 Å². The van der Waals surface area contributed by atoms with E-state index >= 15 is 0 Å². The molecule has 0 radical (unpaired) electrons. The highest BCUT2D eigenvalue weighted by Crippen LogP contribution is 2.36. The molecule has 0 aliphatic rings. The largest absolute Gasteiger partial charge is 1.00 e. The number of rotatable bonds is 8. The van der Waals surface area contributed by atoms with Crippen LogP contribution in [-0.4, -0.2) is 19.1 Å². The summed E-state index contributed by atoms with van der Waals surface area (Å²) in [5.41, 5.74) is -1.81. The number of benzene rings is 2. The van der Waals surface area contributed by atoms with Crippen LogP contribution in [0.15, 0.2) is 73.1 Å². The van der Waals surface area contributed by atoms with Gasteiger partial charge in [-0.25, -0.2) is 4.57 Å². The van der Waals surface area contributed by atoms with Crippen LogP contribution in [0.4, 0.5) is 26.3 Å². The van der Waals surface area contributed by atoms with E-state index in [1.54, 1.807) is 66.5 Å². The second kappa shape index (κ2) is 12.5. The molecule has 0 saturated heterocycles. The zero-order chi connectivity index (χ0) is 25.6. The maximum atomic E-state index is 13.1. The number of nitrogens with zero attached hydrogens (tertiary/aromatic N) is 1. The third kappa shape index (κ3) is 8.47. The molecule has 3 rings (SSSR count). The van der Waals surface area contributed by atoms with Crippen molar-refractivity contribution in [2.75, 3.05) is 13.2 Å². The summed E-state index contributed by atoms with van der Waals surface area (Å²) in [4.78, 5) is 12.5. The van der Waals surface area contributed by atoms with E-state index in [-0.39, 0.29) is 60.6 Å². The van der Waals surface area contributed by atoms with E-state index in [4.69, 9.17) is 4.74 Å². The van der Waals surface area contributed by atoms with Crippen LogP contribution in [0, 0.1) is 0 Å². The third-order valence-corrected chi connectivity index (χ3v) is 5.22. The van der Waals surface area contributed by atoms with Gasteiger partial charge >= 0.3 is 12.4 Å². The molecule has 36 heavy (non-hydrogen) atoms. The molecule has 11 heteroatoms. The van der Waals surface area contributed by atoms with Crippen molar-refractivity contribution in [1.82, 2.24) is 5.32 Å². The predicted octanol–water partition coefficient (Wildman–Crippen LogP) is 2.28. The minimum atomic E-state index is -4.93. The average Bonchev–Trinajstić information content (AvgIpc) is 2.80. The lowest BCUT2D eigenvalue weighted by molar-refractivity contribution is -0.671. The Morgan fingerprint density at radius 1 is 0.944 bits per heavy atom. The van der Waals surface area contributed by atoms with Gasteiger partial charge in [-0.15, -0.1) is 0 Å². The van der Waals surface area contributed by atoms with Crippen LogP contribution in [0.1, 0.15) is 38.5 Å². The number of carbonyl (C=O) groups excluding carboxylic acids is 1. The Morgan fingerprint density at radius 3 is 2.11 bits per heavy atom. The van der Waals surface area contributed by atoms with Gasteiger partial charge in [0.25, 0.3) is 5.91 Å². The second-order valence-corrected chi connectivity index (χ2v) is 8.00. The van der Waals surface area contributed by atoms with Crippen molar-refractivity contribution in [2.45, 2.75) is 24.9 Å². The fraction of sp³-hybridized carbons (Fsp3) is 0.280. The van der Waals surface area contributed by atoms with Gasteiger partial charge in [-0.3, -0.25) is 4.79 Å². The number of hydrogen-bond acceptors (Lipinski definition) is 2. The first-order valence-corrected chi connectivity index (χ1v) is 10.6. The fourth-order valence-electron chi connectivity index (χ4n) is 3.46. The van der Waals surface area contributed by atoms with E-state index in [2.05, 4.69) is 5.32 Å². The van der Waals surface area contributed by atoms with E-state index in [1.807, 2.05) is 0 Å². The summed E-state index contributed by atoms with van der Waals surface area (Å²) >= 11 is 0. The Labute approximate surface area is 221 Å². The molecule has 3 aromatic rings. The van der Waals surface area contributed by atoms with Crippen LogP contribution in [-0.2, 0) is 30.7 Å². The first kappa shape index (κ1) is 29.6. The van der Waals surface area contributed by atoms with Gasteiger partial charge in [0, 0.05) is 18.5 Å². The summed E-state index contributed by atoms with van der Waals surface area (Å²) in [6, 6.07) is 13.7. The van der Waals surface area contributed by atoms with Crippen molar-refractivity contribution >= 4 is 5.91 Å². The molecule has 1 aromatic heterocycles. The number of aryl methyl sites for hydroxylation is 1. The Bertz CT molecular complexity index is 1120. The molecule has 1 unspecified atom stereocenters. The quantitative estimate of drug-likeness (QED) is 0.238. The molecule has 0 bridgehead atoms. The Balaban J connectivity index is 0.00000456. The fourth-order valence-corrected chi connectivity index (χ4v) is 3.46. The zero-order valence-corrected chi connectivity index (χ0v) is 21.2. The number of amides is 1. The molecule has 0 fully saturated rings. The molecule has 194 valence electrons. The van der Waals surface area contributed by atoms with Gasteiger partial charge in [0.15, 0.2) is 12.4 Å². The van der Waals surface area contributed by atoms with Gasteiger partial charge in [-0.2, -0.15) is 26.3 Å². The first-order valence-electron chi connectivity index (χ1n) is 10.6. The molecule has 0 aliphatic carbocycles. The molecule has 0 aliphatic heterocycles. The molecule has 1 atom stereocenters. The van der Waals surface area contributed by atoms with Crippen molar-refractivity contribution in [1.29, 1.82) is 0 Å². The standard InChI is InChI=1S/C25H22F6N2O2.HI/c1-33-9-5-8-19(14-33)23(34)32-13-20(18-6-3-2-4-7-18)16-35-15-17-10-21(24(26,27)28)12-22(11-17)25(29,30)31;/h2-12,14,20H,13,15-16H2,1H3;1H. The number of ether oxygens (including phenoxy) is 1. The molecule has 1 N–H and O–H groups in total. The minimum absolute atomic E-state index is 0. The van der Waals surface area contributed by atoms with Crippen LogP contribution in [0.3, 0.4) is 0 Å². The highest BCUT2D eigenvalue weighted by molar-refractivity contribution is 5.93. The van der Waals surface area contributed by atoms with Gasteiger partial charge in [-0.05, 0) is 35.4 Å². The normalized spacial score (nSPS) is 12.5. The summed E-state index contributed by atoms with van der Waals surface area (Å²) < 4.78 is 85.9. The molecule has 4 nitrogen and oxygen atoms in total. The van der Waals surface area contributed by atoms with E-state index in [9.17, 15) is 31.1 Å². The van der Waals surface area contributed by atoms with Crippen LogP contribution in [0.25, 0.3) is 0 Å². The summed E-state index contributed by atoms with van der Waals surface area (Å²) in [6.45, 7) is -0.346. The molecular formula is C25H23F6IN2O2. The zero-order valence-electron chi connectivity index (χ0n) is 19.0. The highest BCUT2D eigenvalue weighted by atomic mass is 127. The van der Waals surface area contributed by atoms with Gasteiger partial charge in [0.1, 0.15) is 12.6 Å². The lowest BCUT2D eigenvalue weighted by Crippen LogP contribution is -3.00. The molecule has 1 heterocycles. The monoisotopic (exact) mass is 624 g/mol. The Morgan fingerprint density at radius 2 is 1.56 bits per heavy atom. The number of alkyl halides is 6. The topological polar surface area (TPSA) is 42.2 Å². The van der Waals surface area contributed by atoms with Crippen LogP contribution >= 0.6 is 0 Å². The number of hydrogen-bond donors (Lipinski definition) is 1. The van der Waals surface area contributed by atoms with Gasteiger partial charge in [0.2, 0.25) is 0 Å². The Kier molecular flexibility index (Phi) is 10.3. The summed E-state index contributed by atoms with van der Waals surface area (Å²) in [7, 11) is 1.77. The van der Waals surface area contributed by atoms with E-state index in [0.29, 0.717) is 17.7 Å². The number of aromatic nitrogens is 1. The maximum Gasteiger partial charge on any atom is 0.416 e. The maximum absolute atomic E-state index is 13.1. The average molecular weight is 624 g/mol. The minimum Gasteiger partial charge on any atom is -1.00 e. The first-order chi connectivity index (χ1) is 16.4. The lowest BCUT2D eigenvalue weighted by atomic mass is 10.00.